The number of amides is 2. The second-order valence-corrected chi connectivity index (χ2v) is 9.76. The molecular weight excluding hydrogens is 448 g/mol. The van der Waals surface area contributed by atoms with E-state index < -0.39 is 0 Å². The quantitative estimate of drug-likeness (QED) is 0.389. The molecule has 0 aromatic heterocycles. The van der Waals surface area contributed by atoms with Gasteiger partial charge < -0.3 is 20.1 Å². The Labute approximate surface area is 205 Å². The Morgan fingerprint density at radius 3 is 2.09 bits per heavy atom. The maximum absolute atomic E-state index is 12.6. The van der Waals surface area contributed by atoms with Crippen LogP contribution in [0.4, 0.5) is 11.4 Å². The lowest BCUT2D eigenvalue weighted by molar-refractivity contribution is -0.113. The molecule has 0 aliphatic heterocycles. The van der Waals surface area contributed by atoms with E-state index in [-0.39, 0.29) is 23.0 Å². The summed E-state index contributed by atoms with van der Waals surface area (Å²) in [6.45, 7) is 6.40. The van der Waals surface area contributed by atoms with Gasteiger partial charge >= 0.3 is 0 Å². The number of carbonyl (C=O) groups excluding carboxylic acids is 2. The van der Waals surface area contributed by atoms with Crippen molar-refractivity contribution in [1.29, 1.82) is 0 Å². The van der Waals surface area contributed by atoms with E-state index >= 15 is 0 Å². The van der Waals surface area contributed by atoms with Crippen molar-refractivity contribution < 1.29 is 19.1 Å². The summed E-state index contributed by atoms with van der Waals surface area (Å²) in [7, 11) is 3.16. The van der Waals surface area contributed by atoms with Crippen molar-refractivity contribution in [3.8, 4) is 11.5 Å². The third-order valence-corrected chi connectivity index (χ3v) is 6.14. The molecule has 3 aromatic rings. The zero-order valence-electron chi connectivity index (χ0n) is 20.1. The topological polar surface area (TPSA) is 76.7 Å². The number of nitrogens with one attached hydrogen (secondary N) is 2. The fraction of sp³-hybridized carbons (Fsp3) is 0.259. The number of rotatable bonds is 8. The summed E-state index contributed by atoms with van der Waals surface area (Å²) in [5, 5.41) is 5.76. The van der Waals surface area contributed by atoms with E-state index in [0.717, 1.165) is 4.90 Å². The highest BCUT2D eigenvalue weighted by Gasteiger charge is 2.15. The van der Waals surface area contributed by atoms with Crippen LogP contribution in [0.15, 0.2) is 71.6 Å². The van der Waals surface area contributed by atoms with Crippen LogP contribution in [0.25, 0.3) is 0 Å². The fourth-order valence-electron chi connectivity index (χ4n) is 3.25. The molecule has 0 atom stereocenters. The maximum Gasteiger partial charge on any atom is 0.255 e. The second kappa shape index (κ2) is 11.1. The highest BCUT2D eigenvalue weighted by molar-refractivity contribution is 8.00. The van der Waals surface area contributed by atoms with E-state index in [0.29, 0.717) is 28.4 Å². The lowest BCUT2D eigenvalue weighted by Gasteiger charge is -2.19. The summed E-state index contributed by atoms with van der Waals surface area (Å²) >= 11 is 1.39. The van der Waals surface area contributed by atoms with Crippen LogP contribution in [0, 0.1) is 0 Å². The molecule has 0 spiro atoms. The Morgan fingerprint density at radius 1 is 0.824 bits per heavy atom. The van der Waals surface area contributed by atoms with E-state index in [1.54, 1.807) is 38.5 Å². The molecule has 3 rings (SSSR count). The predicted molar refractivity (Wildman–Crippen MR) is 138 cm³/mol. The zero-order valence-corrected chi connectivity index (χ0v) is 20.9. The molecule has 0 heterocycles. The zero-order chi connectivity index (χ0) is 24.7. The van der Waals surface area contributed by atoms with Crippen LogP contribution in [-0.4, -0.2) is 31.8 Å². The van der Waals surface area contributed by atoms with Gasteiger partial charge in [0.05, 0.1) is 20.0 Å². The van der Waals surface area contributed by atoms with Gasteiger partial charge in [-0.2, -0.15) is 0 Å². The van der Waals surface area contributed by atoms with Crippen molar-refractivity contribution in [3.05, 3.63) is 77.9 Å². The third-order valence-electron chi connectivity index (χ3n) is 5.14. The van der Waals surface area contributed by atoms with Crippen LogP contribution in [-0.2, 0) is 10.2 Å². The number of anilines is 2. The lowest BCUT2D eigenvalue weighted by atomic mass is 9.87. The highest BCUT2D eigenvalue weighted by Crippen LogP contribution is 2.32. The highest BCUT2D eigenvalue weighted by atomic mass is 32.2. The number of thioether (sulfide) groups is 1. The van der Waals surface area contributed by atoms with Gasteiger partial charge in [0.1, 0.15) is 0 Å². The first kappa shape index (κ1) is 25.2. The number of benzene rings is 3. The van der Waals surface area contributed by atoms with Crippen molar-refractivity contribution >= 4 is 35.0 Å². The van der Waals surface area contributed by atoms with Crippen molar-refractivity contribution in [2.24, 2.45) is 0 Å². The molecule has 0 unspecified atom stereocenters. The maximum atomic E-state index is 12.6. The average molecular weight is 479 g/mol. The monoisotopic (exact) mass is 478 g/mol. The van der Waals surface area contributed by atoms with Crippen molar-refractivity contribution in [2.75, 3.05) is 30.6 Å². The Kier molecular flexibility index (Phi) is 8.23. The molecule has 7 heteroatoms. The Bertz CT molecular complexity index is 1150. The molecular formula is C27H30N2O4S. The molecule has 0 aliphatic carbocycles. The largest absolute Gasteiger partial charge is 0.493 e. The van der Waals surface area contributed by atoms with Crippen molar-refractivity contribution in [2.45, 2.75) is 31.1 Å². The standard InChI is InChI=1S/C27H30N2O4S/c1-27(2,3)19-11-9-18(10-12-19)26(31)29-21-8-6-7-20(15-21)28-25(30)17-34-22-13-14-23(32-4)24(16-22)33-5/h6-16H,17H2,1-5H3,(H,28,30)(H,29,31). The second-order valence-electron chi connectivity index (χ2n) is 8.72. The molecule has 3 aromatic carbocycles. The van der Waals surface area contributed by atoms with E-state index in [1.165, 1.54) is 17.3 Å². The summed E-state index contributed by atoms with van der Waals surface area (Å²) in [6.07, 6.45) is 0. The summed E-state index contributed by atoms with van der Waals surface area (Å²) in [5.41, 5.74) is 2.99. The van der Waals surface area contributed by atoms with Gasteiger partial charge in [-0.05, 0) is 59.5 Å². The first-order chi connectivity index (χ1) is 16.2. The van der Waals surface area contributed by atoms with E-state index in [9.17, 15) is 9.59 Å². The van der Waals surface area contributed by atoms with E-state index in [4.69, 9.17) is 9.47 Å². The summed E-state index contributed by atoms with van der Waals surface area (Å²) in [6, 6.07) is 20.2. The van der Waals surface area contributed by atoms with Gasteiger partial charge in [-0.3, -0.25) is 9.59 Å². The smallest absolute Gasteiger partial charge is 0.255 e. The van der Waals surface area contributed by atoms with E-state index in [2.05, 4.69) is 31.4 Å². The summed E-state index contributed by atoms with van der Waals surface area (Å²) < 4.78 is 10.5. The van der Waals surface area contributed by atoms with Gasteiger partial charge in [0.2, 0.25) is 5.91 Å². The van der Waals surface area contributed by atoms with Gasteiger partial charge in [-0.25, -0.2) is 0 Å². The number of hydrogen-bond acceptors (Lipinski definition) is 5. The molecule has 0 saturated heterocycles. The summed E-state index contributed by atoms with van der Waals surface area (Å²) in [5.74, 6) is 1.13. The van der Waals surface area contributed by atoms with Crippen LogP contribution in [0.2, 0.25) is 0 Å². The normalized spacial score (nSPS) is 11.0. The number of hydrogen-bond donors (Lipinski definition) is 2. The Morgan fingerprint density at radius 2 is 1.47 bits per heavy atom. The van der Waals surface area contributed by atoms with Gasteiger partial charge in [0, 0.05) is 21.8 Å². The Balaban J connectivity index is 1.57. The first-order valence-corrected chi connectivity index (χ1v) is 11.8. The molecule has 0 aliphatic rings. The van der Waals surface area contributed by atoms with Crippen LogP contribution < -0.4 is 20.1 Å². The minimum atomic E-state index is -0.201. The predicted octanol–water partition coefficient (Wildman–Crippen LogP) is 5.98. The van der Waals surface area contributed by atoms with Crippen molar-refractivity contribution in [3.63, 3.8) is 0 Å². The van der Waals surface area contributed by atoms with Gasteiger partial charge in [0.15, 0.2) is 11.5 Å². The molecule has 0 bridgehead atoms. The van der Waals surface area contributed by atoms with Crippen LogP contribution in [0.3, 0.4) is 0 Å². The molecule has 34 heavy (non-hydrogen) atoms. The number of methoxy groups -OCH3 is 2. The molecule has 2 amide bonds. The van der Waals surface area contributed by atoms with Crippen LogP contribution in [0.5, 0.6) is 11.5 Å². The molecule has 2 N–H and O–H groups in total. The molecule has 0 fully saturated rings. The Hall–Kier alpha value is -3.45. The van der Waals surface area contributed by atoms with Gasteiger partial charge in [0.25, 0.3) is 5.91 Å². The minimum Gasteiger partial charge on any atom is -0.493 e. The van der Waals surface area contributed by atoms with Crippen molar-refractivity contribution in [1.82, 2.24) is 0 Å². The van der Waals surface area contributed by atoms with Gasteiger partial charge in [-0.1, -0.05) is 39.0 Å². The minimum absolute atomic E-state index is 0.0271. The fourth-order valence-corrected chi connectivity index (χ4v) is 3.98. The third kappa shape index (κ3) is 6.78. The summed E-state index contributed by atoms with van der Waals surface area (Å²) in [4.78, 5) is 26.0. The first-order valence-electron chi connectivity index (χ1n) is 10.9. The molecule has 6 nitrogen and oxygen atoms in total. The average Bonchev–Trinajstić information content (AvgIpc) is 2.82. The number of ether oxygens (including phenoxy) is 2. The molecule has 0 radical (unpaired) electrons. The number of carbonyl (C=O) groups is 2. The van der Waals surface area contributed by atoms with Gasteiger partial charge in [-0.15, -0.1) is 11.8 Å². The molecule has 0 saturated carbocycles. The van der Waals surface area contributed by atoms with E-state index in [1.807, 2.05) is 42.5 Å². The lowest BCUT2D eigenvalue weighted by Crippen LogP contribution is -2.16. The van der Waals surface area contributed by atoms with Crippen LogP contribution >= 0.6 is 11.8 Å². The molecule has 178 valence electrons. The SMILES string of the molecule is COc1ccc(SCC(=O)Nc2cccc(NC(=O)c3ccc(C(C)(C)C)cc3)c2)cc1OC. The van der Waals surface area contributed by atoms with Crippen LogP contribution in [0.1, 0.15) is 36.7 Å².